The molecule has 1 N–H and O–H groups in total. The maximum atomic E-state index is 12.0. The van der Waals surface area contributed by atoms with Gasteiger partial charge in [0.25, 0.3) is 11.6 Å². The maximum absolute atomic E-state index is 12.0. The molecule has 0 unspecified atom stereocenters. The lowest BCUT2D eigenvalue weighted by atomic mass is 10.2. The molecule has 0 fully saturated rings. The number of halogens is 1. The highest BCUT2D eigenvalue weighted by molar-refractivity contribution is 6.30. The van der Waals surface area contributed by atoms with Crippen LogP contribution in [0.3, 0.4) is 0 Å². The first-order valence-electron chi connectivity index (χ1n) is 8.51. The third-order valence-corrected chi connectivity index (χ3v) is 4.14. The van der Waals surface area contributed by atoms with Gasteiger partial charge in [0.15, 0.2) is 0 Å². The van der Waals surface area contributed by atoms with Gasteiger partial charge in [0, 0.05) is 22.7 Å². The Hall–Kier alpha value is -4.22. The number of amides is 1. The predicted octanol–water partition coefficient (Wildman–Crippen LogP) is 4.68. The van der Waals surface area contributed by atoms with Gasteiger partial charge in [-0.3, -0.25) is 14.9 Å². The van der Waals surface area contributed by atoms with Crippen LogP contribution in [0.2, 0.25) is 5.02 Å². The van der Waals surface area contributed by atoms with Crippen LogP contribution in [0.4, 0.5) is 5.69 Å². The van der Waals surface area contributed by atoms with Gasteiger partial charge in [0.05, 0.1) is 11.1 Å². The van der Waals surface area contributed by atoms with Crippen LogP contribution in [0.1, 0.15) is 21.5 Å². The van der Waals surface area contributed by atoms with Crippen LogP contribution < -0.4 is 10.2 Å². The van der Waals surface area contributed by atoms with Gasteiger partial charge in [-0.05, 0) is 60.2 Å². The van der Waals surface area contributed by atoms with Crippen molar-refractivity contribution in [1.82, 2.24) is 5.43 Å². The molecule has 0 spiro atoms. The number of carbonyl (C=O) groups is 1. The highest BCUT2D eigenvalue weighted by atomic mass is 35.5. The molecule has 0 aromatic heterocycles. The first-order chi connectivity index (χ1) is 14.5. The normalized spacial score (nSPS) is 10.4. The lowest BCUT2D eigenvalue weighted by molar-refractivity contribution is -0.384. The molecule has 3 aromatic rings. The zero-order valence-corrected chi connectivity index (χ0v) is 16.0. The van der Waals surface area contributed by atoms with E-state index in [1.807, 2.05) is 6.07 Å². The molecule has 0 atom stereocenters. The van der Waals surface area contributed by atoms with Gasteiger partial charge in [-0.15, -0.1) is 0 Å². The summed E-state index contributed by atoms with van der Waals surface area (Å²) < 4.78 is 5.63. The minimum Gasteiger partial charge on any atom is -0.456 e. The molecule has 0 heterocycles. The standard InChI is InChI=1S/C21H13ClN4O4/c22-17-5-3-15(4-6-17)21(27)25-24-13-14-1-8-19(9-2-14)30-20-10-7-18(26(28)29)11-16(20)12-23/h1-11,13H,(H,25,27). The van der Waals surface area contributed by atoms with Crippen LogP contribution >= 0.6 is 11.6 Å². The van der Waals surface area contributed by atoms with E-state index < -0.39 is 4.92 Å². The number of benzene rings is 3. The summed E-state index contributed by atoms with van der Waals surface area (Å²) in [7, 11) is 0. The second-order valence-corrected chi connectivity index (χ2v) is 6.36. The van der Waals surface area contributed by atoms with Crippen LogP contribution in [0, 0.1) is 21.4 Å². The highest BCUT2D eigenvalue weighted by Crippen LogP contribution is 2.28. The van der Waals surface area contributed by atoms with Crippen molar-refractivity contribution in [2.45, 2.75) is 0 Å². The van der Waals surface area contributed by atoms with E-state index in [-0.39, 0.29) is 22.9 Å². The van der Waals surface area contributed by atoms with Crippen molar-refractivity contribution in [3.63, 3.8) is 0 Å². The van der Waals surface area contributed by atoms with E-state index in [2.05, 4.69) is 10.5 Å². The molecular formula is C21H13ClN4O4. The number of hydrogen-bond acceptors (Lipinski definition) is 6. The van der Waals surface area contributed by atoms with E-state index in [0.29, 0.717) is 21.9 Å². The Bertz CT molecular complexity index is 1150. The van der Waals surface area contributed by atoms with Crippen molar-refractivity contribution < 1.29 is 14.5 Å². The number of hydrazone groups is 1. The average Bonchev–Trinajstić information content (AvgIpc) is 2.75. The molecule has 0 aliphatic rings. The van der Waals surface area contributed by atoms with Crippen LogP contribution in [0.25, 0.3) is 0 Å². The Morgan fingerprint density at radius 1 is 1.13 bits per heavy atom. The van der Waals surface area contributed by atoms with Gasteiger partial charge < -0.3 is 4.74 Å². The lowest BCUT2D eigenvalue weighted by Crippen LogP contribution is -2.17. The molecular weight excluding hydrogens is 408 g/mol. The maximum Gasteiger partial charge on any atom is 0.271 e. The molecule has 8 nitrogen and oxygen atoms in total. The number of nitrogens with one attached hydrogen (secondary N) is 1. The summed E-state index contributed by atoms with van der Waals surface area (Å²) >= 11 is 5.79. The summed E-state index contributed by atoms with van der Waals surface area (Å²) in [5.41, 5.74) is 3.41. The molecule has 0 aliphatic heterocycles. The summed E-state index contributed by atoms with van der Waals surface area (Å²) in [6.45, 7) is 0. The highest BCUT2D eigenvalue weighted by Gasteiger charge is 2.12. The number of rotatable bonds is 6. The fourth-order valence-electron chi connectivity index (χ4n) is 2.39. The fourth-order valence-corrected chi connectivity index (χ4v) is 2.51. The van der Waals surface area contributed by atoms with Crippen LogP contribution in [0.5, 0.6) is 11.5 Å². The van der Waals surface area contributed by atoms with Crippen molar-refractivity contribution in [2.24, 2.45) is 5.10 Å². The summed E-state index contributed by atoms with van der Waals surface area (Å²) in [4.78, 5) is 22.2. The van der Waals surface area contributed by atoms with E-state index in [4.69, 9.17) is 16.3 Å². The van der Waals surface area contributed by atoms with Gasteiger partial charge >= 0.3 is 0 Å². The Morgan fingerprint density at radius 3 is 2.47 bits per heavy atom. The van der Waals surface area contributed by atoms with Crippen molar-refractivity contribution in [2.75, 3.05) is 0 Å². The quantitative estimate of drug-likeness (QED) is 0.353. The minimum absolute atomic E-state index is 0.0553. The molecule has 3 aromatic carbocycles. The lowest BCUT2D eigenvalue weighted by Gasteiger charge is -2.07. The minimum atomic E-state index is -0.579. The Balaban J connectivity index is 1.63. The van der Waals surface area contributed by atoms with Crippen LogP contribution in [-0.4, -0.2) is 17.0 Å². The van der Waals surface area contributed by atoms with Crippen LogP contribution in [-0.2, 0) is 0 Å². The molecule has 3 rings (SSSR count). The number of ether oxygens (including phenoxy) is 1. The number of nitriles is 1. The summed E-state index contributed by atoms with van der Waals surface area (Å²) in [6.07, 6.45) is 1.46. The van der Waals surface area contributed by atoms with Crippen molar-refractivity contribution in [1.29, 1.82) is 5.26 Å². The predicted molar refractivity (Wildman–Crippen MR) is 111 cm³/mol. The van der Waals surface area contributed by atoms with Gasteiger partial charge in [0.1, 0.15) is 23.1 Å². The van der Waals surface area contributed by atoms with Gasteiger partial charge in [0.2, 0.25) is 0 Å². The second kappa shape index (κ2) is 9.32. The SMILES string of the molecule is N#Cc1cc([N+](=O)[O-])ccc1Oc1ccc(C=NNC(=O)c2ccc(Cl)cc2)cc1. The van der Waals surface area contributed by atoms with E-state index >= 15 is 0 Å². The smallest absolute Gasteiger partial charge is 0.271 e. The molecule has 0 saturated heterocycles. The third-order valence-electron chi connectivity index (χ3n) is 3.89. The molecule has 0 aliphatic carbocycles. The zero-order valence-electron chi connectivity index (χ0n) is 15.3. The molecule has 0 bridgehead atoms. The Morgan fingerprint density at radius 2 is 1.83 bits per heavy atom. The van der Waals surface area contributed by atoms with E-state index in [0.717, 1.165) is 6.07 Å². The van der Waals surface area contributed by atoms with Gasteiger partial charge in [-0.2, -0.15) is 10.4 Å². The first kappa shape index (κ1) is 20.5. The monoisotopic (exact) mass is 420 g/mol. The van der Waals surface area contributed by atoms with Crippen molar-refractivity contribution in [3.8, 4) is 17.6 Å². The number of carbonyl (C=O) groups excluding carboxylic acids is 1. The number of nitrogens with zero attached hydrogens (tertiary/aromatic N) is 3. The van der Waals surface area contributed by atoms with E-state index in [1.54, 1.807) is 48.5 Å². The van der Waals surface area contributed by atoms with Crippen molar-refractivity contribution in [3.05, 3.63) is 98.6 Å². The van der Waals surface area contributed by atoms with Gasteiger partial charge in [-0.1, -0.05) is 11.6 Å². The molecule has 9 heteroatoms. The fraction of sp³-hybridized carbons (Fsp3) is 0. The summed E-state index contributed by atoms with van der Waals surface area (Å²) in [5.74, 6) is 0.271. The Labute approximate surface area is 176 Å². The molecule has 30 heavy (non-hydrogen) atoms. The third kappa shape index (κ3) is 5.19. The number of hydrogen-bond donors (Lipinski definition) is 1. The molecule has 148 valence electrons. The van der Waals surface area contributed by atoms with Crippen molar-refractivity contribution >= 4 is 29.4 Å². The van der Waals surface area contributed by atoms with E-state index in [1.165, 1.54) is 18.3 Å². The molecule has 1 amide bonds. The van der Waals surface area contributed by atoms with Crippen LogP contribution in [0.15, 0.2) is 71.8 Å². The van der Waals surface area contributed by atoms with E-state index in [9.17, 15) is 20.2 Å². The number of nitro benzene ring substituents is 1. The second-order valence-electron chi connectivity index (χ2n) is 5.93. The first-order valence-corrected chi connectivity index (χ1v) is 8.89. The topological polar surface area (TPSA) is 118 Å². The molecule has 0 saturated carbocycles. The zero-order chi connectivity index (χ0) is 21.5. The number of non-ortho nitro benzene ring substituents is 1. The number of nitro groups is 1. The largest absolute Gasteiger partial charge is 0.456 e. The van der Waals surface area contributed by atoms with Gasteiger partial charge in [-0.25, -0.2) is 5.43 Å². The Kier molecular flexibility index (Phi) is 6.37. The summed E-state index contributed by atoms with van der Waals surface area (Å²) in [6, 6.07) is 18.8. The molecule has 0 radical (unpaired) electrons. The average molecular weight is 421 g/mol. The summed E-state index contributed by atoms with van der Waals surface area (Å²) in [5, 5.41) is 24.4.